The maximum absolute atomic E-state index is 5.47. The first-order valence-corrected chi connectivity index (χ1v) is 22.0. The third-order valence-corrected chi connectivity index (χ3v) is 13.6. The molecule has 0 amide bonds. The SMILES string of the molecule is c1ccc(-c2nc(-c3ccc4c(c3)c3ccccc3n4-c3ccccc3)nc(-c3cc(-n4c5ccccc5c5ccccc54)cc4c3sc3cccc(-c5ccccc5)c34)n2)cc1. The van der Waals surface area contributed by atoms with Crippen LogP contribution in [0.4, 0.5) is 0 Å². The third kappa shape index (κ3) is 5.66. The second-order valence-electron chi connectivity index (χ2n) is 16.0. The van der Waals surface area contributed by atoms with Gasteiger partial charge in [0.15, 0.2) is 17.5 Å². The lowest BCUT2D eigenvalue weighted by Gasteiger charge is -2.14. The molecule has 13 aromatic rings. The van der Waals surface area contributed by atoms with E-state index in [4.69, 9.17) is 15.0 Å². The second kappa shape index (κ2) is 14.2. The minimum absolute atomic E-state index is 0.624. The van der Waals surface area contributed by atoms with Crippen molar-refractivity contribution in [2.45, 2.75) is 0 Å². The van der Waals surface area contributed by atoms with Gasteiger partial charge in [0.05, 0.1) is 22.1 Å². The predicted molar refractivity (Wildman–Crippen MR) is 263 cm³/mol. The van der Waals surface area contributed by atoms with Crippen molar-refractivity contribution in [2.24, 2.45) is 0 Å². The van der Waals surface area contributed by atoms with Gasteiger partial charge in [-0.25, -0.2) is 15.0 Å². The first-order valence-electron chi connectivity index (χ1n) is 21.2. The molecule has 4 heterocycles. The Morgan fingerprint density at radius 2 is 0.841 bits per heavy atom. The van der Waals surface area contributed by atoms with Gasteiger partial charge in [-0.1, -0.05) is 146 Å². The smallest absolute Gasteiger partial charge is 0.165 e. The molecule has 0 fully saturated rings. The van der Waals surface area contributed by atoms with Crippen LogP contribution >= 0.6 is 11.3 Å². The minimum atomic E-state index is 0.624. The van der Waals surface area contributed by atoms with E-state index in [0.29, 0.717) is 17.5 Å². The fraction of sp³-hybridized carbons (Fsp3) is 0. The van der Waals surface area contributed by atoms with Crippen molar-refractivity contribution in [1.82, 2.24) is 24.1 Å². The number of fused-ring (bicyclic) bond motifs is 9. The molecule has 0 atom stereocenters. The largest absolute Gasteiger partial charge is 0.309 e. The normalized spacial score (nSPS) is 11.8. The quantitative estimate of drug-likeness (QED) is 0.168. The van der Waals surface area contributed by atoms with Gasteiger partial charge in [-0.05, 0) is 77.9 Å². The van der Waals surface area contributed by atoms with Crippen LogP contribution in [0.5, 0.6) is 0 Å². The minimum Gasteiger partial charge on any atom is -0.309 e. The Morgan fingerprint density at radius 3 is 1.51 bits per heavy atom. The Balaban J connectivity index is 1.11. The van der Waals surface area contributed by atoms with E-state index in [1.54, 1.807) is 11.3 Å². The summed E-state index contributed by atoms with van der Waals surface area (Å²) in [6, 6.07) is 75.5. The maximum Gasteiger partial charge on any atom is 0.165 e. The van der Waals surface area contributed by atoms with Crippen molar-refractivity contribution >= 4 is 75.1 Å². The molecule has 5 nitrogen and oxygen atoms in total. The Morgan fingerprint density at radius 1 is 0.317 bits per heavy atom. The van der Waals surface area contributed by atoms with Crippen LogP contribution in [0.2, 0.25) is 0 Å². The summed E-state index contributed by atoms with van der Waals surface area (Å²) >= 11 is 1.80. The van der Waals surface area contributed by atoms with Gasteiger partial charge in [0.25, 0.3) is 0 Å². The number of thiophene rings is 1. The molecule has 0 unspecified atom stereocenters. The number of para-hydroxylation sites is 4. The third-order valence-electron chi connectivity index (χ3n) is 12.4. The van der Waals surface area contributed by atoms with Crippen molar-refractivity contribution < 1.29 is 0 Å². The van der Waals surface area contributed by atoms with E-state index in [9.17, 15) is 0 Å². The summed E-state index contributed by atoms with van der Waals surface area (Å²) in [4.78, 5) is 16.1. The van der Waals surface area contributed by atoms with E-state index in [2.05, 4.69) is 203 Å². The first-order chi connectivity index (χ1) is 31.2. The van der Waals surface area contributed by atoms with Gasteiger partial charge >= 0.3 is 0 Å². The average Bonchev–Trinajstić information content (AvgIpc) is 4.02. The molecule has 63 heavy (non-hydrogen) atoms. The van der Waals surface area contributed by atoms with Crippen LogP contribution in [0.15, 0.2) is 212 Å². The molecule has 4 aromatic heterocycles. The highest BCUT2D eigenvalue weighted by molar-refractivity contribution is 7.26. The fourth-order valence-electron chi connectivity index (χ4n) is 9.58. The molecule has 0 aliphatic heterocycles. The fourth-order valence-corrected chi connectivity index (χ4v) is 10.8. The molecule has 0 aliphatic carbocycles. The van der Waals surface area contributed by atoms with Crippen molar-refractivity contribution in [3.05, 3.63) is 212 Å². The zero-order chi connectivity index (χ0) is 41.4. The molecule has 9 aromatic carbocycles. The summed E-state index contributed by atoms with van der Waals surface area (Å²) < 4.78 is 7.09. The Hall–Kier alpha value is -8.19. The standard InChI is InChI=1S/C57H35N5S/c1-4-17-36(18-5-1)41-26-16-30-52-53(41)46-34-40(62-48-27-13-10-23-42(48)43-24-11-14-28-49(43)62)35-47(54(46)63-52)57-59-55(37-19-6-2-7-20-37)58-56(60-57)38-31-32-51-45(33-38)44-25-12-15-29-50(44)61(51)39-21-8-3-9-22-39/h1-35H. The molecule has 294 valence electrons. The zero-order valence-electron chi connectivity index (χ0n) is 33.9. The monoisotopic (exact) mass is 821 g/mol. The Labute approximate surface area is 366 Å². The first kappa shape index (κ1) is 35.6. The van der Waals surface area contributed by atoms with Crippen molar-refractivity contribution in [2.75, 3.05) is 0 Å². The van der Waals surface area contributed by atoms with Crippen molar-refractivity contribution in [3.8, 4) is 56.7 Å². The van der Waals surface area contributed by atoms with Crippen LogP contribution in [-0.4, -0.2) is 24.1 Å². The number of rotatable bonds is 6. The summed E-state index contributed by atoms with van der Waals surface area (Å²) in [5.41, 5.74) is 12.0. The van der Waals surface area contributed by atoms with Gasteiger partial charge in [0, 0.05) is 69.8 Å². The van der Waals surface area contributed by atoms with Crippen LogP contribution in [-0.2, 0) is 0 Å². The molecule has 0 radical (unpaired) electrons. The molecule has 0 aliphatic rings. The van der Waals surface area contributed by atoms with Crippen LogP contribution in [0.1, 0.15) is 0 Å². The Kier molecular flexibility index (Phi) is 8.01. The lowest BCUT2D eigenvalue weighted by Crippen LogP contribution is -2.01. The maximum atomic E-state index is 5.47. The number of hydrogen-bond donors (Lipinski definition) is 0. The molecule has 0 N–H and O–H groups in total. The number of benzene rings is 9. The number of hydrogen-bond acceptors (Lipinski definition) is 4. The predicted octanol–water partition coefficient (Wildman–Crippen LogP) is 15.1. The van der Waals surface area contributed by atoms with Gasteiger partial charge in [0.1, 0.15) is 0 Å². The van der Waals surface area contributed by atoms with Crippen LogP contribution in [0, 0.1) is 0 Å². The van der Waals surface area contributed by atoms with E-state index in [-0.39, 0.29) is 0 Å². The van der Waals surface area contributed by atoms with Gasteiger partial charge in [0.2, 0.25) is 0 Å². The highest BCUT2D eigenvalue weighted by atomic mass is 32.1. The van der Waals surface area contributed by atoms with Gasteiger partial charge in [-0.2, -0.15) is 0 Å². The molecule has 0 saturated carbocycles. The van der Waals surface area contributed by atoms with E-state index in [0.717, 1.165) is 60.2 Å². The second-order valence-corrected chi connectivity index (χ2v) is 17.0. The topological polar surface area (TPSA) is 48.5 Å². The molecule has 0 saturated heterocycles. The molecule has 6 heteroatoms. The van der Waals surface area contributed by atoms with E-state index in [1.165, 1.54) is 42.8 Å². The van der Waals surface area contributed by atoms with Gasteiger partial charge in [-0.15, -0.1) is 11.3 Å². The van der Waals surface area contributed by atoms with E-state index in [1.807, 2.05) is 18.2 Å². The van der Waals surface area contributed by atoms with Crippen LogP contribution < -0.4 is 0 Å². The van der Waals surface area contributed by atoms with E-state index >= 15 is 0 Å². The van der Waals surface area contributed by atoms with E-state index < -0.39 is 0 Å². The van der Waals surface area contributed by atoms with Gasteiger partial charge in [-0.3, -0.25) is 0 Å². The van der Waals surface area contributed by atoms with Crippen molar-refractivity contribution in [1.29, 1.82) is 0 Å². The summed E-state index contributed by atoms with van der Waals surface area (Å²) in [5.74, 6) is 1.88. The highest BCUT2D eigenvalue weighted by Gasteiger charge is 2.22. The molecule has 0 bridgehead atoms. The molecule has 13 rings (SSSR count). The molecular weight excluding hydrogens is 787 g/mol. The van der Waals surface area contributed by atoms with Crippen LogP contribution in [0.3, 0.4) is 0 Å². The van der Waals surface area contributed by atoms with Crippen molar-refractivity contribution in [3.63, 3.8) is 0 Å². The summed E-state index contributed by atoms with van der Waals surface area (Å²) in [6.45, 7) is 0. The lowest BCUT2D eigenvalue weighted by molar-refractivity contribution is 1.07. The zero-order valence-corrected chi connectivity index (χ0v) is 34.7. The Bertz CT molecular complexity index is 3850. The summed E-state index contributed by atoms with van der Waals surface area (Å²) in [6.07, 6.45) is 0. The summed E-state index contributed by atoms with van der Waals surface area (Å²) in [5, 5.41) is 7.15. The lowest BCUT2D eigenvalue weighted by atomic mass is 9.98. The van der Waals surface area contributed by atoms with Gasteiger partial charge < -0.3 is 9.13 Å². The molecular formula is C57H35N5S. The van der Waals surface area contributed by atoms with Crippen LogP contribution in [0.25, 0.3) is 120 Å². The average molecular weight is 822 g/mol. The summed E-state index contributed by atoms with van der Waals surface area (Å²) in [7, 11) is 0. The molecule has 0 spiro atoms. The number of nitrogens with zero attached hydrogens (tertiary/aromatic N) is 5. The highest BCUT2D eigenvalue weighted by Crippen LogP contribution is 2.46. The number of aromatic nitrogens is 5.